The van der Waals surface area contributed by atoms with Crippen molar-refractivity contribution in [1.82, 2.24) is 0 Å². The van der Waals surface area contributed by atoms with Crippen molar-refractivity contribution in [1.29, 1.82) is 0 Å². The van der Waals surface area contributed by atoms with E-state index in [2.05, 4.69) is 109 Å². The number of esters is 6. The molecule has 24 atom stereocenters. The molecule has 0 aromatic heterocycles. The summed E-state index contributed by atoms with van der Waals surface area (Å²) in [4.78, 5) is 74.8. The van der Waals surface area contributed by atoms with Crippen molar-refractivity contribution in [3.8, 4) is 0 Å². The van der Waals surface area contributed by atoms with Gasteiger partial charge in [-0.15, -0.1) is 0 Å². The Morgan fingerprint density at radius 3 is 0.644 bits per heavy atom. The summed E-state index contributed by atoms with van der Waals surface area (Å²) >= 11 is 0. The van der Waals surface area contributed by atoms with Gasteiger partial charge in [0, 0.05) is 130 Å². The second-order valence-corrected chi connectivity index (χ2v) is 59.4. The maximum Gasteiger partial charge on any atom is 0.333 e. The van der Waals surface area contributed by atoms with Crippen molar-refractivity contribution in [3.05, 3.63) is 74.4 Å². The number of carbonyl (C=O) groups is 6. The molecule has 32 aliphatic carbocycles. The van der Waals surface area contributed by atoms with Crippen LogP contribution in [0.1, 0.15) is 492 Å². The van der Waals surface area contributed by atoms with Gasteiger partial charge in [-0.05, 0) is 418 Å². The third-order valence-corrected chi connectivity index (χ3v) is 49.5. The second-order valence-electron chi connectivity index (χ2n) is 59.4. The first kappa shape index (κ1) is 115. The normalized spacial score (nSPS) is 48.8. The van der Waals surface area contributed by atoms with Crippen LogP contribution in [0, 0.1) is 222 Å². The maximum absolute atomic E-state index is 12.7. The minimum absolute atomic E-state index is 0.115. The van der Waals surface area contributed by atoms with E-state index in [9.17, 15) is 28.8 Å². The molecule has 12 heteroatoms. The third kappa shape index (κ3) is 21.2. The van der Waals surface area contributed by atoms with E-state index in [0.29, 0.717) is 168 Å². The molecule has 0 spiro atoms. The summed E-state index contributed by atoms with van der Waals surface area (Å²) < 4.78 is 38.6. The molecule has 0 aliphatic heterocycles. The van der Waals surface area contributed by atoms with E-state index < -0.39 is 0 Å². The lowest BCUT2D eigenvalue weighted by Crippen LogP contribution is -2.66. The van der Waals surface area contributed by atoms with Crippen LogP contribution >= 0.6 is 0 Å². The first-order chi connectivity index (χ1) is 71.0. The highest BCUT2D eigenvalue weighted by atomic mass is 16.6. The van der Waals surface area contributed by atoms with Crippen molar-refractivity contribution in [3.63, 3.8) is 0 Å². The number of hydrogen-bond acceptors (Lipinski definition) is 12. The van der Waals surface area contributed by atoms with Crippen LogP contribution in [0.5, 0.6) is 0 Å². The van der Waals surface area contributed by atoms with Gasteiger partial charge in [0.2, 0.25) is 0 Å². The Morgan fingerprint density at radius 1 is 0.221 bits per heavy atom. The molecule has 32 fully saturated rings. The summed E-state index contributed by atoms with van der Waals surface area (Å²) in [5.41, 5.74) is 3.81. The predicted molar refractivity (Wildman–Crippen MR) is 606 cm³/mol. The van der Waals surface area contributed by atoms with E-state index in [1.807, 2.05) is 62.3 Å². The number of rotatable bonds is 18. The van der Waals surface area contributed by atoms with Gasteiger partial charge >= 0.3 is 35.8 Å². The molecule has 0 aromatic carbocycles. The summed E-state index contributed by atoms with van der Waals surface area (Å²) in [6.07, 6.45) is 75.4. The fourth-order valence-electron chi connectivity index (χ4n) is 46.1. The largest absolute Gasteiger partial charge is 0.455 e. The van der Waals surface area contributed by atoms with E-state index in [0.717, 1.165) is 71.0 Å². The maximum atomic E-state index is 12.7. The van der Waals surface area contributed by atoms with Gasteiger partial charge in [-0.1, -0.05) is 241 Å². The van der Waals surface area contributed by atoms with E-state index in [1.54, 1.807) is 13.8 Å². The summed E-state index contributed by atoms with van der Waals surface area (Å²) in [6.45, 7) is 68.7. The highest BCUT2D eigenvalue weighted by Gasteiger charge is 2.75. The van der Waals surface area contributed by atoms with E-state index in [-0.39, 0.29) is 69.4 Å². The standard InChI is InChI=1S/C23H36O2.C22H32O2.C22H34O2.C21H30O2.C21H32O2.C20H30O2.4C2H6/c1-14(2)21(24)25-23(20-8-6-7-15(3)16(20)4)18-9-17-10-19(23)13-22(5,11-17)12-18;1-13(2)20(23)24-22(19-9-14-4-5-16(19)6-14)17-7-15-8-18(22)12-21(3,10-15)11-17;1-5-20(23)24-22(19-8-6-7-14(2)15(19)3)17-9-16-10-18(22)13-21(4,11-16)12-17;1-3-19(22)23-21(18-9-13-4-5-15(18)6-13)16-7-14-8-17(21)12-20(2,10-14)11-16;1-14(2)19(22)23-21(16-7-5-4-6-8-16)17-9-15-10-18(21)13-20(3,11-15)12-17;1-3-18(21)22-20(15-7-5-4-6-8-15)16-9-14-10-17(20)13-19(2,11-14)12-16;4*1-2/h15-20H,1,6-13H2,2-5H3;14-19H,1,4-12H2,2-3H3;5,14-19H,1,6-13H2,2-4H3;3,13-18H,1,4-12H2,2H3;15-18H,1,4-13H2,2-3H3;3,14-17H,1,4-13H2,2H3;4*1-2H3. The quantitative estimate of drug-likeness (QED) is 0.0728. The van der Waals surface area contributed by atoms with Crippen molar-refractivity contribution < 1.29 is 57.2 Å². The Bertz CT molecular complexity index is 4610. The van der Waals surface area contributed by atoms with Crippen molar-refractivity contribution in [2.45, 2.75) is 526 Å². The van der Waals surface area contributed by atoms with Gasteiger partial charge in [0.05, 0.1) is 0 Å². The first-order valence-corrected chi connectivity index (χ1v) is 64.3. The zero-order valence-electron chi connectivity index (χ0n) is 99.0. The fourth-order valence-corrected chi connectivity index (χ4v) is 46.1. The molecule has 32 saturated carbocycles. The molecule has 838 valence electrons. The van der Waals surface area contributed by atoms with Gasteiger partial charge in [0.15, 0.2) is 0 Å². The molecule has 32 rings (SSSR count). The van der Waals surface area contributed by atoms with Gasteiger partial charge in [0.1, 0.15) is 33.6 Å². The lowest BCUT2D eigenvalue weighted by atomic mass is 9.41. The van der Waals surface area contributed by atoms with E-state index in [4.69, 9.17) is 28.4 Å². The molecule has 149 heavy (non-hydrogen) atoms. The predicted octanol–water partition coefficient (Wildman–Crippen LogP) is 35.3. The Hall–Kier alpha value is -4.74. The Labute approximate surface area is 909 Å². The zero-order chi connectivity index (χ0) is 107. The SMILES string of the molecule is C=C(C)C(=O)OC1(C2CC3CCC2C3)C2CC3CC1CC(C)(C3)C2.C=C(C)C(=O)OC1(C2CCCC(C)C2C)C2CC3CC1CC(C)(C3)C2.C=C(C)C(=O)OC1(C2CCCCC2)C2CC3CC1CC(C)(C3)C2.C=CC(=O)OC1(C2CC3CCC2C3)C2CC3CC1CC(C)(C3)C2.C=CC(=O)OC1(C2CCCC(C)C2C)C2CC3CC1CC(C)(C3)C2.C=CC(=O)OC1(C2CCCCC2)C2CC3CC1CC(C)(C3)C2.CC.CC.CC.CC. The topological polar surface area (TPSA) is 158 Å². The van der Waals surface area contributed by atoms with Crippen LogP contribution in [0.3, 0.4) is 0 Å². The highest BCUT2D eigenvalue weighted by Crippen LogP contribution is 2.77. The van der Waals surface area contributed by atoms with Crippen molar-refractivity contribution >= 4 is 35.8 Å². The van der Waals surface area contributed by atoms with Gasteiger partial charge in [-0.3, -0.25) is 0 Å². The molecule has 0 aromatic rings. The molecule has 0 saturated heterocycles. The summed E-state index contributed by atoms with van der Waals surface area (Å²) in [7, 11) is 0. The molecule has 0 N–H and O–H groups in total. The lowest BCUT2D eigenvalue weighted by molar-refractivity contribution is -0.251. The van der Waals surface area contributed by atoms with Crippen LogP contribution in [0.2, 0.25) is 0 Å². The van der Waals surface area contributed by atoms with Gasteiger partial charge in [-0.25, -0.2) is 28.8 Å². The number of carbonyl (C=O) groups excluding carboxylic acids is 6. The minimum atomic E-state index is -0.208. The van der Waals surface area contributed by atoms with Crippen LogP contribution in [-0.2, 0) is 57.2 Å². The van der Waals surface area contributed by atoms with Crippen LogP contribution in [0.4, 0.5) is 0 Å². The number of fused-ring (bicyclic) bond motifs is 4. The fraction of sp³-hybridized carbons (Fsp3) is 0.869. The van der Waals surface area contributed by atoms with Gasteiger partial charge in [-0.2, -0.15) is 0 Å². The van der Waals surface area contributed by atoms with Crippen molar-refractivity contribution in [2.75, 3.05) is 0 Å². The van der Waals surface area contributed by atoms with Gasteiger partial charge in [0.25, 0.3) is 0 Å². The average Bonchev–Trinajstić information content (AvgIpc) is 1.68. The van der Waals surface area contributed by atoms with Crippen LogP contribution in [0.25, 0.3) is 0 Å². The van der Waals surface area contributed by atoms with Crippen molar-refractivity contribution in [2.24, 2.45) is 222 Å². The molecule has 24 unspecified atom stereocenters. The van der Waals surface area contributed by atoms with E-state index >= 15 is 0 Å². The van der Waals surface area contributed by atoms with Crippen LogP contribution in [-0.4, -0.2) is 69.4 Å². The van der Waals surface area contributed by atoms with Crippen LogP contribution < -0.4 is 0 Å². The summed E-state index contributed by atoms with van der Waals surface area (Å²) in [5, 5.41) is 0. The summed E-state index contributed by atoms with van der Waals surface area (Å²) in [6, 6.07) is 0. The molecular formula is C137H218O12. The third-order valence-electron chi connectivity index (χ3n) is 49.5. The molecule has 32 aliphatic rings. The Balaban J connectivity index is 0.000000120. The lowest BCUT2D eigenvalue weighted by Gasteiger charge is -2.67. The molecule has 28 bridgehead atoms. The molecule has 0 radical (unpaired) electrons. The van der Waals surface area contributed by atoms with E-state index in [1.165, 1.54) is 365 Å². The second kappa shape index (κ2) is 45.2. The average molecular weight is 2060 g/mol. The highest BCUT2D eigenvalue weighted by molar-refractivity contribution is 5.89. The molecule has 0 amide bonds. The smallest absolute Gasteiger partial charge is 0.333 e. The number of ether oxygens (including phenoxy) is 6. The molecule has 0 heterocycles. The molecular weight excluding hydrogens is 1840 g/mol. The first-order valence-electron chi connectivity index (χ1n) is 64.3. The zero-order valence-corrected chi connectivity index (χ0v) is 99.0. The summed E-state index contributed by atoms with van der Waals surface area (Å²) in [5.74, 6) is 21.4. The monoisotopic (exact) mass is 2060 g/mol. The van der Waals surface area contributed by atoms with Gasteiger partial charge < -0.3 is 28.4 Å². The minimum Gasteiger partial charge on any atom is -0.455 e. The molecule has 12 nitrogen and oxygen atoms in total. The Morgan fingerprint density at radius 2 is 0.430 bits per heavy atom. The van der Waals surface area contributed by atoms with Crippen LogP contribution in [0.15, 0.2) is 74.4 Å². The number of hydrogen-bond donors (Lipinski definition) is 0. The Kier molecular flexibility index (Phi) is 35.0.